The van der Waals surface area contributed by atoms with E-state index in [1.54, 1.807) is 36.5 Å². The van der Waals surface area contributed by atoms with Crippen molar-refractivity contribution in [2.75, 3.05) is 5.32 Å². The van der Waals surface area contributed by atoms with Crippen LogP contribution in [0.25, 0.3) is 11.5 Å². The molecule has 0 bridgehead atoms. The van der Waals surface area contributed by atoms with Crippen LogP contribution in [-0.4, -0.2) is 20.8 Å². The molecule has 0 unspecified atom stereocenters. The highest BCUT2D eigenvalue weighted by Crippen LogP contribution is 2.29. The van der Waals surface area contributed by atoms with Crippen LogP contribution in [0.15, 0.2) is 47.3 Å². The minimum Gasteiger partial charge on any atom is -0.463 e. The minimum absolute atomic E-state index is 0.0753. The van der Waals surface area contributed by atoms with Crippen LogP contribution in [0.3, 0.4) is 0 Å². The lowest BCUT2D eigenvalue weighted by molar-refractivity contribution is 0.246. The number of hydrogen-bond donors (Lipinski definition) is 2. The quantitative estimate of drug-likeness (QED) is 0.768. The van der Waals surface area contributed by atoms with Crippen molar-refractivity contribution in [3.63, 3.8) is 0 Å². The van der Waals surface area contributed by atoms with Gasteiger partial charge in [0.25, 0.3) is 0 Å². The normalized spacial score (nSPS) is 16.3. The first kappa shape index (κ1) is 15.4. The number of anilines is 1. The first-order valence-corrected chi connectivity index (χ1v) is 8.29. The Kier molecular flexibility index (Phi) is 3.97. The van der Waals surface area contributed by atoms with Crippen LogP contribution in [0.2, 0.25) is 0 Å². The maximum atomic E-state index is 12.5. The van der Waals surface area contributed by atoms with Crippen LogP contribution in [0, 0.1) is 0 Å². The number of fused-ring (bicyclic) bond motifs is 1. The maximum absolute atomic E-state index is 12.5. The van der Waals surface area contributed by atoms with E-state index in [1.807, 2.05) is 12.1 Å². The van der Waals surface area contributed by atoms with Crippen molar-refractivity contribution >= 4 is 11.7 Å². The summed E-state index contributed by atoms with van der Waals surface area (Å²) in [6.07, 6.45) is 8.04. The lowest BCUT2D eigenvalue weighted by Crippen LogP contribution is -2.35. The first-order chi connectivity index (χ1) is 12.2. The molecule has 0 aliphatic heterocycles. The van der Waals surface area contributed by atoms with E-state index < -0.39 is 0 Å². The van der Waals surface area contributed by atoms with E-state index in [1.165, 1.54) is 5.56 Å². The molecule has 1 atom stereocenters. The molecule has 4 rings (SSSR count). The van der Waals surface area contributed by atoms with Crippen molar-refractivity contribution in [2.45, 2.75) is 25.3 Å². The van der Waals surface area contributed by atoms with Crippen molar-refractivity contribution in [3.05, 3.63) is 54.2 Å². The van der Waals surface area contributed by atoms with Crippen molar-refractivity contribution in [3.8, 4) is 11.5 Å². The molecule has 0 saturated carbocycles. The van der Waals surface area contributed by atoms with E-state index in [-0.39, 0.29) is 12.1 Å². The first-order valence-electron chi connectivity index (χ1n) is 8.29. The number of aryl methyl sites for hydroxylation is 2. The lowest BCUT2D eigenvalue weighted by Gasteiger charge is -2.25. The lowest BCUT2D eigenvalue weighted by atomic mass is 9.92. The summed E-state index contributed by atoms with van der Waals surface area (Å²) in [5.41, 5.74) is 3.37. The zero-order chi connectivity index (χ0) is 17.2. The van der Waals surface area contributed by atoms with Gasteiger partial charge in [-0.1, -0.05) is 6.07 Å². The summed E-state index contributed by atoms with van der Waals surface area (Å²) in [5.74, 6) is 0.612. The molecule has 0 fully saturated rings. The molecule has 2 amide bonds. The summed E-state index contributed by atoms with van der Waals surface area (Å²) in [6, 6.07) is 7.26. The molecule has 7 nitrogen and oxygen atoms in total. The van der Waals surface area contributed by atoms with Crippen LogP contribution >= 0.6 is 0 Å². The van der Waals surface area contributed by atoms with Gasteiger partial charge in [-0.15, -0.1) is 0 Å². The predicted molar refractivity (Wildman–Crippen MR) is 93.0 cm³/mol. The standard InChI is InChI=1S/C18H19N5O2/c1-23-11-14(17(22-23)15-8-4-10-25-15)21-18(24)20-13-7-2-5-12-6-3-9-19-16(12)13/h3-4,6,8-11,13H,2,5,7H2,1H3,(H2,20,21,24)/t13-/m1/s1. The second-order valence-corrected chi connectivity index (χ2v) is 6.13. The van der Waals surface area contributed by atoms with E-state index >= 15 is 0 Å². The second kappa shape index (κ2) is 6.43. The van der Waals surface area contributed by atoms with E-state index in [4.69, 9.17) is 4.42 Å². The number of aromatic nitrogens is 3. The largest absolute Gasteiger partial charge is 0.463 e. The zero-order valence-corrected chi connectivity index (χ0v) is 13.9. The van der Waals surface area contributed by atoms with Gasteiger partial charge in [-0.3, -0.25) is 9.67 Å². The zero-order valence-electron chi connectivity index (χ0n) is 13.9. The van der Waals surface area contributed by atoms with Gasteiger partial charge >= 0.3 is 6.03 Å². The van der Waals surface area contributed by atoms with Crippen molar-refractivity contribution < 1.29 is 9.21 Å². The highest BCUT2D eigenvalue weighted by atomic mass is 16.3. The Labute approximate surface area is 145 Å². The number of carbonyl (C=O) groups excluding carboxylic acids is 1. The molecule has 25 heavy (non-hydrogen) atoms. The molecule has 0 aromatic carbocycles. The van der Waals surface area contributed by atoms with Gasteiger partial charge in [-0.25, -0.2) is 4.79 Å². The highest BCUT2D eigenvalue weighted by molar-refractivity contribution is 5.93. The van der Waals surface area contributed by atoms with Crippen molar-refractivity contribution in [2.24, 2.45) is 7.05 Å². The van der Waals surface area contributed by atoms with Crippen LogP contribution in [-0.2, 0) is 13.5 Å². The summed E-state index contributed by atoms with van der Waals surface area (Å²) >= 11 is 0. The van der Waals surface area contributed by atoms with E-state index in [9.17, 15) is 4.79 Å². The third kappa shape index (κ3) is 3.13. The molecule has 3 aromatic heterocycles. The minimum atomic E-state index is -0.274. The Hall–Kier alpha value is -3.09. The number of amides is 2. The van der Waals surface area contributed by atoms with E-state index in [2.05, 4.69) is 26.8 Å². The maximum Gasteiger partial charge on any atom is 0.319 e. The molecular formula is C18H19N5O2. The summed E-state index contributed by atoms with van der Waals surface area (Å²) < 4.78 is 7.04. The monoisotopic (exact) mass is 337 g/mol. The molecule has 0 radical (unpaired) electrons. The Morgan fingerprint density at radius 3 is 3.12 bits per heavy atom. The molecule has 128 valence electrons. The second-order valence-electron chi connectivity index (χ2n) is 6.13. The molecule has 2 N–H and O–H groups in total. The Morgan fingerprint density at radius 2 is 2.28 bits per heavy atom. The number of pyridine rings is 1. The Morgan fingerprint density at radius 1 is 1.36 bits per heavy atom. The van der Waals surface area contributed by atoms with Crippen LogP contribution in [0.1, 0.15) is 30.1 Å². The van der Waals surface area contributed by atoms with Gasteiger partial charge in [-0.05, 0) is 43.0 Å². The number of rotatable bonds is 3. The number of carbonyl (C=O) groups is 1. The SMILES string of the molecule is Cn1cc(NC(=O)N[C@@H]2CCCc3cccnc32)c(-c2ccco2)n1. The van der Waals surface area contributed by atoms with Crippen LogP contribution in [0.4, 0.5) is 10.5 Å². The van der Waals surface area contributed by atoms with E-state index in [0.717, 1.165) is 25.0 Å². The van der Waals surface area contributed by atoms with Gasteiger partial charge < -0.3 is 15.1 Å². The van der Waals surface area contributed by atoms with Gasteiger partial charge in [0, 0.05) is 19.4 Å². The third-order valence-corrected chi connectivity index (χ3v) is 4.33. The van der Waals surface area contributed by atoms with Crippen LogP contribution in [0.5, 0.6) is 0 Å². The molecule has 3 heterocycles. The van der Waals surface area contributed by atoms with Gasteiger partial charge in [-0.2, -0.15) is 5.10 Å². The summed E-state index contributed by atoms with van der Waals surface area (Å²) in [6.45, 7) is 0. The van der Waals surface area contributed by atoms with Crippen molar-refractivity contribution in [1.82, 2.24) is 20.1 Å². The third-order valence-electron chi connectivity index (χ3n) is 4.33. The molecule has 1 aliphatic rings. The molecule has 0 saturated heterocycles. The number of urea groups is 1. The Bertz CT molecular complexity index is 885. The molecular weight excluding hydrogens is 318 g/mol. The summed E-state index contributed by atoms with van der Waals surface area (Å²) in [4.78, 5) is 17.0. The van der Waals surface area contributed by atoms with Gasteiger partial charge in [0.05, 0.1) is 23.7 Å². The number of nitrogens with zero attached hydrogens (tertiary/aromatic N) is 3. The number of nitrogens with one attached hydrogen (secondary N) is 2. The van der Waals surface area contributed by atoms with Gasteiger partial charge in [0.2, 0.25) is 0 Å². The fourth-order valence-electron chi connectivity index (χ4n) is 3.24. The summed E-state index contributed by atoms with van der Waals surface area (Å²) in [5, 5.41) is 10.3. The fraction of sp³-hybridized carbons (Fsp3) is 0.278. The highest BCUT2D eigenvalue weighted by Gasteiger charge is 2.23. The average molecular weight is 337 g/mol. The van der Waals surface area contributed by atoms with E-state index in [0.29, 0.717) is 17.1 Å². The molecule has 7 heteroatoms. The summed E-state index contributed by atoms with van der Waals surface area (Å²) in [7, 11) is 1.80. The smallest absolute Gasteiger partial charge is 0.319 e. The number of furan rings is 1. The predicted octanol–water partition coefficient (Wildman–Crippen LogP) is 3.27. The van der Waals surface area contributed by atoms with Crippen molar-refractivity contribution in [1.29, 1.82) is 0 Å². The number of hydrogen-bond acceptors (Lipinski definition) is 4. The van der Waals surface area contributed by atoms with Crippen LogP contribution < -0.4 is 10.6 Å². The molecule has 0 spiro atoms. The molecule has 3 aromatic rings. The topological polar surface area (TPSA) is 85.0 Å². The van der Waals surface area contributed by atoms with Gasteiger partial charge in [0.1, 0.15) is 0 Å². The van der Waals surface area contributed by atoms with Gasteiger partial charge in [0.15, 0.2) is 11.5 Å². The Balaban J connectivity index is 1.51. The average Bonchev–Trinajstić information content (AvgIpc) is 3.25. The fourth-order valence-corrected chi connectivity index (χ4v) is 3.24. The molecule has 1 aliphatic carbocycles.